The molecule has 0 aliphatic carbocycles. The van der Waals surface area contributed by atoms with Gasteiger partial charge in [0.2, 0.25) is 0 Å². The minimum absolute atomic E-state index is 0.371. The van der Waals surface area contributed by atoms with E-state index in [1.807, 2.05) is 24.3 Å². The van der Waals surface area contributed by atoms with E-state index >= 15 is 0 Å². The minimum Gasteiger partial charge on any atom is -0.461 e. The van der Waals surface area contributed by atoms with E-state index < -0.39 is 0 Å². The van der Waals surface area contributed by atoms with Gasteiger partial charge in [-0.15, -0.1) is 0 Å². The number of hydrogen-bond donors (Lipinski definition) is 1. The van der Waals surface area contributed by atoms with Crippen LogP contribution in [0.15, 0.2) is 41.1 Å². The smallest absolute Gasteiger partial charge is 0.135 e. The first kappa shape index (κ1) is 10.9. The van der Waals surface area contributed by atoms with Gasteiger partial charge in [-0.05, 0) is 37.2 Å². The molecule has 2 aromatic heterocycles. The lowest BCUT2D eigenvalue weighted by atomic mass is 10.1. The molecule has 3 heteroatoms. The maximum Gasteiger partial charge on any atom is 0.135 e. The van der Waals surface area contributed by atoms with Crippen molar-refractivity contribution in [1.82, 2.24) is 4.98 Å². The third-order valence-corrected chi connectivity index (χ3v) is 2.66. The molecule has 1 unspecified atom stereocenters. The summed E-state index contributed by atoms with van der Waals surface area (Å²) in [6.07, 6.45) is 4.50. The van der Waals surface area contributed by atoms with Crippen LogP contribution < -0.4 is 5.73 Å². The van der Waals surface area contributed by atoms with Crippen molar-refractivity contribution in [3.63, 3.8) is 0 Å². The zero-order valence-electron chi connectivity index (χ0n) is 9.39. The Morgan fingerprint density at radius 3 is 2.94 bits per heavy atom. The highest BCUT2D eigenvalue weighted by Gasteiger charge is 2.10. The summed E-state index contributed by atoms with van der Waals surface area (Å²) >= 11 is 0. The molecule has 0 aliphatic rings. The van der Waals surface area contributed by atoms with E-state index in [9.17, 15) is 0 Å². The topological polar surface area (TPSA) is 52.0 Å². The second-order valence-corrected chi connectivity index (χ2v) is 3.92. The van der Waals surface area contributed by atoms with Crippen LogP contribution in [0.3, 0.4) is 0 Å². The number of furan rings is 1. The number of aromatic nitrogens is 1. The second-order valence-electron chi connectivity index (χ2n) is 3.92. The lowest BCUT2D eigenvalue weighted by molar-refractivity contribution is 0.474. The fourth-order valence-electron chi connectivity index (χ4n) is 1.67. The van der Waals surface area contributed by atoms with Crippen molar-refractivity contribution in [2.45, 2.75) is 19.3 Å². The minimum atomic E-state index is 0.371. The Morgan fingerprint density at radius 2 is 2.25 bits per heavy atom. The molecular weight excluding hydrogens is 200 g/mol. The lowest BCUT2D eigenvalue weighted by Crippen LogP contribution is -2.03. The molecular formula is C13H16N2O. The monoisotopic (exact) mass is 216 g/mol. The fourth-order valence-corrected chi connectivity index (χ4v) is 1.67. The predicted molar refractivity (Wildman–Crippen MR) is 64.0 cm³/mol. The van der Waals surface area contributed by atoms with Gasteiger partial charge in [0.05, 0.1) is 0 Å². The van der Waals surface area contributed by atoms with Gasteiger partial charge in [-0.3, -0.25) is 4.98 Å². The van der Waals surface area contributed by atoms with Crippen molar-refractivity contribution >= 4 is 0 Å². The summed E-state index contributed by atoms with van der Waals surface area (Å²) in [6.45, 7) is 2.81. The van der Waals surface area contributed by atoms with Gasteiger partial charge in [0.15, 0.2) is 0 Å². The van der Waals surface area contributed by atoms with Crippen molar-refractivity contribution < 1.29 is 4.42 Å². The molecule has 3 nitrogen and oxygen atoms in total. The van der Waals surface area contributed by atoms with Crippen molar-refractivity contribution in [2.24, 2.45) is 5.73 Å². The summed E-state index contributed by atoms with van der Waals surface area (Å²) < 4.78 is 5.79. The molecule has 0 aromatic carbocycles. The van der Waals surface area contributed by atoms with E-state index in [4.69, 9.17) is 10.2 Å². The van der Waals surface area contributed by atoms with Crippen LogP contribution in [0.25, 0.3) is 11.3 Å². The van der Waals surface area contributed by atoms with Gasteiger partial charge < -0.3 is 10.2 Å². The summed E-state index contributed by atoms with van der Waals surface area (Å²) in [7, 11) is 0. The second kappa shape index (κ2) is 4.94. The molecule has 2 heterocycles. The molecule has 0 bridgehead atoms. The number of hydrogen-bond acceptors (Lipinski definition) is 3. The standard InChI is InChI=1S/C13H16N2O/c1-10(6-7-14)12-4-5-13(16-12)11-3-2-8-15-9-11/h2-5,8-10H,6-7,14H2,1H3. The van der Waals surface area contributed by atoms with Crippen molar-refractivity contribution in [1.29, 1.82) is 0 Å². The number of nitrogens with two attached hydrogens (primary N) is 1. The van der Waals surface area contributed by atoms with Gasteiger partial charge in [0.25, 0.3) is 0 Å². The molecule has 2 rings (SSSR count). The van der Waals surface area contributed by atoms with E-state index in [0.717, 1.165) is 23.5 Å². The molecule has 0 fully saturated rings. The van der Waals surface area contributed by atoms with Gasteiger partial charge in [0.1, 0.15) is 11.5 Å². The number of pyridine rings is 1. The summed E-state index contributed by atoms with van der Waals surface area (Å²) in [5.41, 5.74) is 6.54. The number of rotatable bonds is 4. The Hall–Kier alpha value is -1.61. The maximum atomic E-state index is 5.79. The summed E-state index contributed by atoms with van der Waals surface area (Å²) in [5.74, 6) is 2.23. The largest absolute Gasteiger partial charge is 0.461 e. The first-order valence-electron chi connectivity index (χ1n) is 5.51. The Bertz CT molecular complexity index is 436. The molecule has 0 radical (unpaired) electrons. The van der Waals surface area contributed by atoms with Crippen LogP contribution in [0, 0.1) is 0 Å². The molecule has 84 valence electrons. The molecule has 1 atom stereocenters. The van der Waals surface area contributed by atoms with Crippen LogP contribution in [-0.2, 0) is 0 Å². The highest BCUT2D eigenvalue weighted by atomic mass is 16.3. The lowest BCUT2D eigenvalue weighted by Gasteiger charge is -2.05. The third kappa shape index (κ3) is 2.31. The van der Waals surface area contributed by atoms with Crippen LogP contribution in [0.2, 0.25) is 0 Å². The quantitative estimate of drug-likeness (QED) is 0.855. The van der Waals surface area contributed by atoms with Crippen LogP contribution in [0.5, 0.6) is 0 Å². The Balaban J connectivity index is 2.20. The SMILES string of the molecule is CC(CCN)c1ccc(-c2cccnc2)o1. The molecule has 0 spiro atoms. The Kier molecular flexibility index (Phi) is 3.37. The third-order valence-electron chi connectivity index (χ3n) is 2.66. The average molecular weight is 216 g/mol. The van der Waals surface area contributed by atoms with Crippen LogP contribution in [0.4, 0.5) is 0 Å². The van der Waals surface area contributed by atoms with Crippen LogP contribution in [-0.4, -0.2) is 11.5 Å². The van der Waals surface area contributed by atoms with Crippen molar-refractivity contribution in [2.75, 3.05) is 6.54 Å². The molecule has 0 saturated heterocycles. The van der Waals surface area contributed by atoms with Crippen molar-refractivity contribution in [3.05, 3.63) is 42.4 Å². The van der Waals surface area contributed by atoms with E-state index in [0.29, 0.717) is 12.5 Å². The first-order valence-corrected chi connectivity index (χ1v) is 5.51. The summed E-state index contributed by atoms with van der Waals surface area (Å²) in [6, 6.07) is 7.89. The van der Waals surface area contributed by atoms with E-state index in [2.05, 4.69) is 11.9 Å². The van der Waals surface area contributed by atoms with Crippen LogP contribution >= 0.6 is 0 Å². The average Bonchev–Trinajstić information content (AvgIpc) is 2.80. The summed E-state index contributed by atoms with van der Waals surface area (Å²) in [4.78, 5) is 4.07. The molecule has 2 aromatic rings. The van der Waals surface area contributed by atoms with Crippen LogP contribution in [0.1, 0.15) is 25.0 Å². The van der Waals surface area contributed by atoms with Crippen molar-refractivity contribution in [3.8, 4) is 11.3 Å². The Labute approximate surface area is 95.3 Å². The zero-order chi connectivity index (χ0) is 11.4. The molecule has 2 N–H and O–H groups in total. The molecule has 0 aliphatic heterocycles. The fraction of sp³-hybridized carbons (Fsp3) is 0.308. The predicted octanol–water partition coefficient (Wildman–Crippen LogP) is 2.79. The van der Waals surface area contributed by atoms with E-state index in [-0.39, 0.29) is 0 Å². The normalized spacial score (nSPS) is 12.6. The van der Waals surface area contributed by atoms with Gasteiger partial charge in [-0.1, -0.05) is 6.92 Å². The zero-order valence-corrected chi connectivity index (χ0v) is 9.39. The first-order chi connectivity index (χ1) is 7.81. The highest BCUT2D eigenvalue weighted by molar-refractivity contribution is 5.55. The highest BCUT2D eigenvalue weighted by Crippen LogP contribution is 2.26. The van der Waals surface area contributed by atoms with E-state index in [1.165, 1.54) is 0 Å². The molecule has 16 heavy (non-hydrogen) atoms. The molecule has 0 amide bonds. The van der Waals surface area contributed by atoms with Gasteiger partial charge in [-0.25, -0.2) is 0 Å². The maximum absolute atomic E-state index is 5.79. The number of nitrogens with zero attached hydrogens (tertiary/aromatic N) is 1. The van der Waals surface area contributed by atoms with Gasteiger partial charge >= 0.3 is 0 Å². The van der Waals surface area contributed by atoms with Gasteiger partial charge in [-0.2, -0.15) is 0 Å². The van der Waals surface area contributed by atoms with Gasteiger partial charge in [0, 0.05) is 23.9 Å². The summed E-state index contributed by atoms with van der Waals surface area (Å²) in [5, 5.41) is 0. The Morgan fingerprint density at radius 1 is 1.38 bits per heavy atom. The van der Waals surface area contributed by atoms with E-state index in [1.54, 1.807) is 12.4 Å². The molecule has 0 saturated carbocycles.